The summed E-state index contributed by atoms with van der Waals surface area (Å²) >= 11 is 0. The van der Waals surface area contributed by atoms with Gasteiger partial charge in [0.1, 0.15) is 0 Å². The van der Waals surface area contributed by atoms with Crippen LogP contribution in [0.15, 0.2) is 35.2 Å². The van der Waals surface area contributed by atoms with Crippen molar-refractivity contribution in [1.29, 1.82) is 0 Å². The molecule has 0 aromatic heterocycles. The predicted molar refractivity (Wildman–Crippen MR) is 101 cm³/mol. The van der Waals surface area contributed by atoms with Crippen LogP contribution < -0.4 is 12.3 Å². The van der Waals surface area contributed by atoms with E-state index in [0.29, 0.717) is 0 Å². The molecule has 6 N–H and O–H groups in total. The molecule has 0 saturated heterocycles. The Bertz CT molecular complexity index is 478. The largest absolute Gasteiger partial charge is 0.344 e. The molecule has 6 heteroatoms. The Kier molecular flexibility index (Phi) is 16.4. The van der Waals surface area contributed by atoms with Crippen molar-refractivity contribution in [2.45, 2.75) is 76.0 Å². The van der Waals surface area contributed by atoms with E-state index in [1.54, 1.807) is 30.3 Å². The second-order valence-corrected chi connectivity index (χ2v) is 7.39. The van der Waals surface area contributed by atoms with Crippen LogP contribution in [0.2, 0.25) is 0 Å². The van der Waals surface area contributed by atoms with Crippen molar-refractivity contribution >= 4 is 10.1 Å². The minimum atomic E-state index is -3.57. The topological polar surface area (TPSA) is 113 Å². The first-order valence-corrected chi connectivity index (χ1v) is 10.0. The maximum Gasteiger partial charge on any atom is 0.296 e. The van der Waals surface area contributed by atoms with E-state index in [2.05, 4.69) is 6.92 Å². The van der Waals surface area contributed by atoms with Crippen molar-refractivity contribution in [2.75, 3.05) is 6.61 Å². The van der Waals surface area contributed by atoms with Gasteiger partial charge in [-0.25, -0.2) is 0 Å². The quantitative estimate of drug-likeness (QED) is 0.349. The number of hydrogen-bond donors (Lipinski definition) is 2. The van der Waals surface area contributed by atoms with E-state index in [1.807, 2.05) is 0 Å². The van der Waals surface area contributed by atoms with E-state index in [0.717, 1.165) is 12.8 Å². The van der Waals surface area contributed by atoms with Crippen LogP contribution in [0.25, 0.3) is 0 Å². The molecular formula is C18H36N2O3S. The Labute approximate surface area is 148 Å². The number of hydrogen-bond acceptors (Lipinski definition) is 5. The molecule has 0 aliphatic heterocycles. The van der Waals surface area contributed by atoms with Crippen molar-refractivity contribution in [3.63, 3.8) is 0 Å². The fourth-order valence-corrected chi connectivity index (χ4v) is 3.38. The maximum atomic E-state index is 11.9. The van der Waals surface area contributed by atoms with Gasteiger partial charge >= 0.3 is 0 Å². The molecule has 1 aromatic rings. The first-order valence-electron chi connectivity index (χ1n) is 8.61. The van der Waals surface area contributed by atoms with Crippen LogP contribution in [0.3, 0.4) is 0 Å². The van der Waals surface area contributed by atoms with Gasteiger partial charge in [0.2, 0.25) is 0 Å². The third-order valence-corrected chi connectivity index (χ3v) is 5.09. The summed E-state index contributed by atoms with van der Waals surface area (Å²) in [6, 6.07) is 8.33. The van der Waals surface area contributed by atoms with Gasteiger partial charge in [-0.1, -0.05) is 82.9 Å². The van der Waals surface area contributed by atoms with E-state index in [1.165, 1.54) is 51.4 Å². The lowest BCUT2D eigenvalue weighted by molar-refractivity contribution is 0.306. The van der Waals surface area contributed by atoms with Crippen molar-refractivity contribution in [3.05, 3.63) is 30.3 Å². The minimum Gasteiger partial charge on any atom is -0.344 e. The highest BCUT2D eigenvalue weighted by Gasteiger charge is 2.13. The molecule has 24 heavy (non-hydrogen) atoms. The van der Waals surface area contributed by atoms with Gasteiger partial charge in [-0.3, -0.25) is 4.18 Å². The third kappa shape index (κ3) is 11.6. The fourth-order valence-electron chi connectivity index (χ4n) is 2.41. The van der Waals surface area contributed by atoms with E-state index in [9.17, 15) is 8.42 Å². The molecule has 0 radical (unpaired) electrons. The van der Waals surface area contributed by atoms with E-state index >= 15 is 0 Å². The zero-order chi connectivity index (χ0) is 16.1. The number of rotatable bonds is 13. The third-order valence-electron chi connectivity index (χ3n) is 3.77. The molecule has 0 aliphatic rings. The molecule has 0 fully saturated rings. The molecule has 0 atom stereocenters. The highest BCUT2D eigenvalue weighted by molar-refractivity contribution is 7.86. The molecule has 0 bridgehead atoms. The summed E-state index contributed by atoms with van der Waals surface area (Å²) in [5.74, 6) is 0. The summed E-state index contributed by atoms with van der Waals surface area (Å²) in [6.07, 6.45) is 12.3. The predicted octanol–water partition coefficient (Wildman–Crippen LogP) is 5.64. The van der Waals surface area contributed by atoms with Gasteiger partial charge in [0.25, 0.3) is 10.1 Å². The second-order valence-electron chi connectivity index (χ2n) is 5.77. The van der Waals surface area contributed by atoms with Gasteiger partial charge in [-0.2, -0.15) is 8.42 Å². The van der Waals surface area contributed by atoms with Crippen molar-refractivity contribution < 1.29 is 12.6 Å². The number of benzene rings is 1. The van der Waals surface area contributed by atoms with Crippen LogP contribution in [0.1, 0.15) is 71.1 Å². The number of unbranched alkanes of at least 4 members (excludes halogenated alkanes) is 9. The van der Waals surface area contributed by atoms with Gasteiger partial charge in [0.15, 0.2) is 0 Å². The molecular weight excluding hydrogens is 324 g/mol. The van der Waals surface area contributed by atoms with E-state index < -0.39 is 10.1 Å². The highest BCUT2D eigenvalue weighted by Crippen LogP contribution is 2.13. The lowest BCUT2D eigenvalue weighted by atomic mass is 10.1. The molecule has 1 aromatic carbocycles. The molecule has 5 nitrogen and oxygen atoms in total. The summed E-state index contributed by atoms with van der Waals surface area (Å²) < 4.78 is 28.8. The lowest BCUT2D eigenvalue weighted by Crippen LogP contribution is -2.07. The standard InChI is InChI=1S/C18H30O3S.2H3N/c1-2-3-4-5-6-7-8-9-10-14-17-21-22(19,20)18-15-12-11-13-16-18;;/h11-13,15-16H,2-10,14,17H2,1H3;2*1H3. The summed E-state index contributed by atoms with van der Waals surface area (Å²) in [4.78, 5) is 0.238. The van der Waals surface area contributed by atoms with Gasteiger partial charge in [-0.05, 0) is 18.6 Å². The minimum absolute atomic E-state index is 0. The monoisotopic (exact) mass is 360 g/mol. The van der Waals surface area contributed by atoms with Crippen LogP contribution in [0, 0.1) is 0 Å². The Hall–Kier alpha value is -0.950. The molecule has 0 amide bonds. The first-order chi connectivity index (χ1) is 10.7. The molecule has 1 rings (SSSR count). The van der Waals surface area contributed by atoms with Crippen molar-refractivity contribution in [2.24, 2.45) is 0 Å². The highest BCUT2D eigenvalue weighted by atomic mass is 32.2. The zero-order valence-electron chi connectivity index (χ0n) is 15.2. The summed E-state index contributed by atoms with van der Waals surface area (Å²) in [5, 5.41) is 0. The van der Waals surface area contributed by atoms with Gasteiger partial charge in [0.05, 0.1) is 11.5 Å². The van der Waals surface area contributed by atoms with Crippen molar-refractivity contribution in [3.8, 4) is 0 Å². The van der Waals surface area contributed by atoms with Crippen LogP contribution in [-0.2, 0) is 14.3 Å². The molecule has 0 heterocycles. The first kappa shape index (κ1) is 25.3. The van der Waals surface area contributed by atoms with Crippen LogP contribution in [-0.4, -0.2) is 15.0 Å². The smallest absolute Gasteiger partial charge is 0.296 e. The molecule has 0 unspecified atom stereocenters. The molecule has 142 valence electrons. The summed E-state index contributed by atoms with van der Waals surface area (Å²) in [6.45, 7) is 2.52. The van der Waals surface area contributed by atoms with Crippen molar-refractivity contribution in [1.82, 2.24) is 12.3 Å². The van der Waals surface area contributed by atoms with Crippen LogP contribution >= 0.6 is 0 Å². The van der Waals surface area contributed by atoms with E-state index in [4.69, 9.17) is 4.18 Å². The SMILES string of the molecule is CCCCCCCCCCCCOS(=O)(=O)c1ccccc1.N.N. The normalized spacial score (nSPS) is 10.7. The Morgan fingerprint density at radius 2 is 1.21 bits per heavy atom. The second kappa shape index (κ2) is 15.6. The summed E-state index contributed by atoms with van der Waals surface area (Å²) in [5.41, 5.74) is 0. The summed E-state index contributed by atoms with van der Waals surface area (Å²) in [7, 11) is -3.57. The Balaban J connectivity index is 0. The molecule has 0 spiro atoms. The Morgan fingerprint density at radius 1 is 0.750 bits per heavy atom. The van der Waals surface area contributed by atoms with Crippen LogP contribution in [0.5, 0.6) is 0 Å². The average Bonchev–Trinajstić information content (AvgIpc) is 2.53. The van der Waals surface area contributed by atoms with Gasteiger partial charge < -0.3 is 12.3 Å². The van der Waals surface area contributed by atoms with E-state index in [-0.39, 0.29) is 23.8 Å². The molecule has 0 aliphatic carbocycles. The average molecular weight is 361 g/mol. The van der Waals surface area contributed by atoms with Crippen LogP contribution in [0.4, 0.5) is 0 Å². The van der Waals surface area contributed by atoms with Gasteiger partial charge in [-0.15, -0.1) is 0 Å². The maximum absolute atomic E-state index is 11.9. The Morgan fingerprint density at radius 3 is 1.71 bits per heavy atom. The van der Waals surface area contributed by atoms with Gasteiger partial charge in [0, 0.05) is 0 Å². The molecule has 0 saturated carbocycles. The fraction of sp³-hybridized carbons (Fsp3) is 0.667. The zero-order valence-corrected chi connectivity index (χ0v) is 16.0. The lowest BCUT2D eigenvalue weighted by Gasteiger charge is -2.05.